The van der Waals surface area contributed by atoms with Crippen molar-refractivity contribution in [1.82, 2.24) is 9.55 Å². The van der Waals surface area contributed by atoms with Gasteiger partial charge in [-0.2, -0.15) is 0 Å². The molecule has 2 aromatic carbocycles. The summed E-state index contributed by atoms with van der Waals surface area (Å²) >= 11 is 12.2. The summed E-state index contributed by atoms with van der Waals surface area (Å²) < 4.78 is 13.2. The smallest absolute Gasteiger partial charge is 0.276 e. The fourth-order valence-corrected chi connectivity index (χ4v) is 3.93. The van der Waals surface area contributed by atoms with E-state index < -0.39 is 4.92 Å². The van der Waals surface area contributed by atoms with Crippen LogP contribution in [0.3, 0.4) is 0 Å². The maximum atomic E-state index is 11.7. The second-order valence-corrected chi connectivity index (χ2v) is 7.74. The molecule has 0 aliphatic heterocycles. The highest BCUT2D eigenvalue weighted by atomic mass is 35.5. The van der Waals surface area contributed by atoms with Crippen LogP contribution in [0, 0.1) is 17.0 Å². The molecule has 0 amide bonds. The van der Waals surface area contributed by atoms with Gasteiger partial charge >= 0.3 is 0 Å². The van der Waals surface area contributed by atoms with Gasteiger partial charge in [0.25, 0.3) is 5.69 Å². The van der Waals surface area contributed by atoms with Crippen molar-refractivity contribution in [2.24, 2.45) is 7.05 Å². The van der Waals surface area contributed by atoms with Crippen LogP contribution >= 0.6 is 23.2 Å². The fraction of sp³-hybridized carbons (Fsp3) is 0.136. The van der Waals surface area contributed by atoms with E-state index in [-0.39, 0.29) is 5.69 Å². The first kappa shape index (κ1) is 21.0. The first-order chi connectivity index (χ1) is 14.8. The fourth-order valence-electron chi connectivity index (χ4n) is 3.49. The Morgan fingerprint density at radius 2 is 1.87 bits per heavy atom. The lowest BCUT2D eigenvalue weighted by Crippen LogP contribution is -1.99. The third-order valence-corrected chi connectivity index (χ3v) is 5.57. The number of aromatic nitrogens is 2. The van der Waals surface area contributed by atoms with Crippen molar-refractivity contribution in [3.8, 4) is 28.6 Å². The molecule has 0 saturated carbocycles. The average molecular weight is 458 g/mol. The van der Waals surface area contributed by atoms with Gasteiger partial charge in [0.2, 0.25) is 5.88 Å². The number of nitro groups is 1. The van der Waals surface area contributed by atoms with Gasteiger partial charge in [0.1, 0.15) is 17.0 Å². The van der Waals surface area contributed by atoms with Crippen molar-refractivity contribution in [3.63, 3.8) is 0 Å². The molecule has 158 valence electrons. The van der Waals surface area contributed by atoms with Gasteiger partial charge in [0.15, 0.2) is 0 Å². The van der Waals surface area contributed by atoms with Gasteiger partial charge in [0.05, 0.1) is 22.6 Å². The molecule has 0 fully saturated rings. The molecule has 2 heterocycles. The summed E-state index contributed by atoms with van der Waals surface area (Å²) in [5.74, 6) is 1.14. The van der Waals surface area contributed by atoms with E-state index in [0.717, 1.165) is 16.6 Å². The molecule has 2 aromatic heterocycles. The monoisotopic (exact) mass is 457 g/mol. The number of fused-ring (bicyclic) bond motifs is 1. The van der Waals surface area contributed by atoms with Gasteiger partial charge in [-0.1, -0.05) is 23.2 Å². The predicted molar refractivity (Wildman–Crippen MR) is 121 cm³/mol. The van der Waals surface area contributed by atoms with E-state index in [2.05, 4.69) is 4.98 Å². The van der Waals surface area contributed by atoms with Gasteiger partial charge in [-0.05, 0) is 43.3 Å². The van der Waals surface area contributed by atoms with Crippen LogP contribution in [0.5, 0.6) is 17.4 Å². The van der Waals surface area contributed by atoms with Crippen molar-refractivity contribution in [3.05, 3.63) is 74.4 Å². The minimum Gasteiger partial charge on any atom is -0.479 e. The summed E-state index contributed by atoms with van der Waals surface area (Å²) in [5.41, 5.74) is 2.46. The number of methoxy groups -OCH3 is 1. The average Bonchev–Trinajstić information content (AvgIpc) is 3.08. The second kappa shape index (κ2) is 8.09. The Balaban J connectivity index is 1.90. The third kappa shape index (κ3) is 3.78. The Hall–Kier alpha value is -3.29. The standard InChI is InChI=1S/C22H17Cl2N3O4/c1-12-17(27(28)29)9-14(10-20(12)31-19-5-4-15(23)11-16(19)24)18-8-13-6-7-25-22(30-3)21(13)26(18)2/h4-11H,1-3H3. The van der Waals surface area contributed by atoms with Gasteiger partial charge in [0, 0.05) is 41.0 Å². The molecule has 0 unspecified atom stereocenters. The molecule has 0 N–H and O–H groups in total. The molecule has 0 aliphatic rings. The zero-order valence-electron chi connectivity index (χ0n) is 16.8. The molecular formula is C22H17Cl2N3O4. The summed E-state index contributed by atoms with van der Waals surface area (Å²) in [6.07, 6.45) is 1.65. The normalized spacial score (nSPS) is 11.0. The van der Waals surface area contributed by atoms with E-state index in [9.17, 15) is 10.1 Å². The molecule has 7 nitrogen and oxygen atoms in total. The Morgan fingerprint density at radius 1 is 1.10 bits per heavy atom. The van der Waals surface area contributed by atoms with Crippen LogP contribution in [-0.2, 0) is 7.05 Å². The van der Waals surface area contributed by atoms with E-state index in [4.69, 9.17) is 32.7 Å². The minimum atomic E-state index is -0.431. The molecule has 0 bridgehead atoms. The first-order valence-corrected chi connectivity index (χ1v) is 9.96. The van der Waals surface area contributed by atoms with Crippen molar-refractivity contribution in [2.45, 2.75) is 6.92 Å². The quantitative estimate of drug-likeness (QED) is 0.250. The molecule has 31 heavy (non-hydrogen) atoms. The number of aryl methyl sites for hydroxylation is 1. The number of nitrogens with zero attached hydrogens (tertiary/aromatic N) is 3. The van der Waals surface area contributed by atoms with Crippen LogP contribution in [0.4, 0.5) is 5.69 Å². The topological polar surface area (TPSA) is 79.4 Å². The van der Waals surface area contributed by atoms with Crippen molar-refractivity contribution >= 4 is 39.8 Å². The lowest BCUT2D eigenvalue weighted by Gasteiger charge is -2.13. The van der Waals surface area contributed by atoms with E-state index in [1.54, 1.807) is 44.5 Å². The van der Waals surface area contributed by atoms with Crippen molar-refractivity contribution in [2.75, 3.05) is 7.11 Å². The Morgan fingerprint density at radius 3 is 2.55 bits per heavy atom. The van der Waals surface area contributed by atoms with Crippen LogP contribution in [-0.4, -0.2) is 21.6 Å². The predicted octanol–water partition coefficient (Wildman–Crippen LogP) is 6.56. The Kier molecular flexibility index (Phi) is 5.47. The molecule has 0 radical (unpaired) electrons. The van der Waals surface area contributed by atoms with E-state index >= 15 is 0 Å². The van der Waals surface area contributed by atoms with Gasteiger partial charge in [-0.25, -0.2) is 4.98 Å². The summed E-state index contributed by atoms with van der Waals surface area (Å²) in [6.45, 7) is 1.63. The van der Waals surface area contributed by atoms with Gasteiger partial charge in [-0.15, -0.1) is 0 Å². The Labute approximate surface area is 187 Å². The van der Waals surface area contributed by atoms with Crippen LogP contribution in [0.25, 0.3) is 22.2 Å². The third-order valence-electron chi connectivity index (χ3n) is 5.04. The lowest BCUT2D eigenvalue weighted by molar-refractivity contribution is -0.385. The number of pyridine rings is 1. The SMILES string of the molecule is COc1nccc2cc(-c3cc(Oc4ccc(Cl)cc4Cl)c(C)c([N+](=O)[O-])c3)n(C)c12. The summed E-state index contributed by atoms with van der Waals surface area (Å²) in [5, 5.41) is 13.4. The van der Waals surface area contributed by atoms with Crippen LogP contribution in [0.15, 0.2) is 48.7 Å². The van der Waals surface area contributed by atoms with Crippen molar-refractivity contribution in [1.29, 1.82) is 0 Å². The molecule has 4 rings (SSSR count). The number of hydrogen-bond donors (Lipinski definition) is 0. The molecular weight excluding hydrogens is 441 g/mol. The summed E-state index contributed by atoms with van der Waals surface area (Å²) in [6, 6.07) is 11.9. The number of hydrogen-bond acceptors (Lipinski definition) is 5. The van der Waals surface area contributed by atoms with E-state index in [0.29, 0.717) is 38.6 Å². The lowest BCUT2D eigenvalue weighted by atomic mass is 10.1. The Bertz CT molecular complexity index is 1330. The van der Waals surface area contributed by atoms with Crippen LogP contribution < -0.4 is 9.47 Å². The zero-order valence-corrected chi connectivity index (χ0v) is 18.4. The van der Waals surface area contributed by atoms with E-state index in [1.807, 2.05) is 23.7 Å². The molecule has 0 saturated heterocycles. The second-order valence-electron chi connectivity index (χ2n) is 6.90. The molecule has 0 atom stereocenters. The number of benzene rings is 2. The molecule has 0 spiro atoms. The molecule has 9 heteroatoms. The van der Waals surface area contributed by atoms with Crippen LogP contribution in [0.2, 0.25) is 10.0 Å². The number of rotatable bonds is 5. The maximum absolute atomic E-state index is 11.7. The molecule has 4 aromatic rings. The first-order valence-electron chi connectivity index (χ1n) is 9.21. The summed E-state index contributed by atoms with van der Waals surface area (Å²) in [7, 11) is 3.40. The highest BCUT2D eigenvalue weighted by Crippen LogP contribution is 2.40. The van der Waals surface area contributed by atoms with Crippen molar-refractivity contribution < 1.29 is 14.4 Å². The van der Waals surface area contributed by atoms with Gasteiger partial charge in [-0.3, -0.25) is 10.1 Å². The van der Waals surface area contributed by atoms with E-state index in [1.165, 1.54) is 6.07 Å². The van der Waals surface area contributed by atoms with Crippen LogP contribution in [0.1, 0.15) is 5.56 Å². The van der Waals surface area contributed by atoms with Gasteiger partial charge < -0.3 is 14.0 Å². The largest absolute Gasteiger partial charge is 0.479 e. The maximum Gasteiger partial charge on any atom is 0.276 e. The number of nitro benzene ring substituents is 1. The summed E-state index contributed by atoms with van der Waals surface area (Å²) in [4.78, 5) is 15.6. The highest BCUT2D eigenvalue weighted by Gasteiger charge is 2.21. The number of halogens is 2. The number of ether oxygens (including phenoxy) is 2. The zero-order chi connectivity index (χ0) is 22.3. The molecule has 0 aliphatic carbocycles. The highest BCUT2D eigenvalue weighted by molar-refractivity contribution is 6.35. The minimum absolute atomic E-state index is 0.0621.